The summed E-state index contributed by atoms with van der Waals surface area (Å²) in [6, 6.07) is 0. The SMILES string of the molecule is O=S(=O)(O)O.O[Si](O)(O)O.[H-].[H-].[Mg+2]. The molecule has 6 N–H and O–H groups in total. The van der Waals surface area contributed by atoms with E-state index in [0.717, 1.165) is 0 Å². The fourth-order valence-electron chi connectivity index (χ4n) is 0. The van der Waals surface area contributed by atoms with Gasteiger partial charge in [0.05, 0.1) is 0 Å². The van der Waals surface area contributed by atoms with Crippen LogP contribution in [-0.2, 0) is 10.4 Å². The van der Waals surface area contributed by atoms with Gasteiger partial charge in [0.2, 0.25) is 0 Å². The topological polar surface area (TPSA) is 156 Å². The number of hydrogen-bond acceptors (Lipinski definition) is 6. The Labute approximate surface area is 82.3 Å². The van der Waals surface area contributed by atoms with E-state index in [1.807, 2.05) is 0 Å². The second-order valence-corrected chi connectivity index (χ2v) is 3.14. The zero-order valence-corrected chi connectivity index (χ0v) is 8.35. The molecule has 68 valence electrons. The zero-order chi connectivity index (χ0) is 9.00. The van der Waals surface area contributed by atoms with E-state index in [0.29, 0.717) is 0 Å². The van der Waals surface area contributed by atoms with Crippen LogP contribution in [0, 0.1) is 0 Å². The molecule has 0 bridgehead atoms. The quantitative estimate of drug-likeness (QED) is 0.182. The van der Waals surface area contributed by atoms with Crippen molar-refractivity contribution in [1.82, 2.24) is 0 Å². The predicted octanol–water partition coefficient (Wildman–Crippen LogP) is -3.42. The second-order valence-electron chi connectivity index (χ2n) is 1.05. The average molecular weight is 221 g/mol. The first-order chi connectivity index (χ1) is 4.00. The van der Waals surface area contributed by atoms with Gasteiger partial charge in [-0.25, -0.2) is 0 Å². The van der Waals surface area contributed by atoms with Crippen LogP contribution in [0.5, 0.6) is 0 Å². The molecule has 0 aliphatic carbocycles. The second kappa shape index (κ2) is 6.24. The van der Waals surface area contributed by atoms with Crippen molar-refractivity contribution in [3.63, 3.8) is 0 Å². The van der Waals surface area contributed by atoms with Gasteiger partial charge in [0, 0.05) is 0 Å². The van der Waals surface area contributed by atoms with Gasteiger partial charge in [-0.3, -0.25) is 9.11 Å². The molecule has 0 saturated heterocycles. The molecule has 0 aliphatic heterocycles. The molecule has 0 spiro atoms. The number of hydrogen-bond donors (Lipinski definition) is 6. The Kier molecular flexibility index (Phi) is 10.0. The summed E-state index contributed by atoms with van der Waals surface area (Å²) < 4.78 is 31.6. The van der Waals surface area contributed by atoms with Crippen molar-refractivity contribution in [2.24, 2.45) is 0 Å². The smallest absolute Gasteiger partial charge is 1.00 e. The summed E-state index contributed by atoms with van der Waals surface area (Å²) in [7, 11) is -9.28. The minimum atomic E-state index is -4.67. The van der Waals surface area contributed by atoms with Gasteiger partial charge in [0.1, 0.15) is 0 Å². The maximum atomic E-state index is 8.74. The average Bonchev–Trinajstić information content (AvgIpc) is 1.12. The molecule has 0 heterocycles. The van der Waals surface area contributed by atoms with E-state index in [9.17, 15) is 0 Å². The van der Waals surface area contributed by atoms with Gasteiger partial charge in [-0.15, -0.1) is 0 Å². The van der Waals surface area contributed by atoms with Gasteiger partial charge in [-0.1, -0.05) is 0 Å². The normalized spacial score (nSPS) is 10.7. The summed E-state index contributed by atoms with van der Waals surface area (Å²) in [4.78, 5) is 29.3. The largest absolute Gasteiger partial charge is 2.00 e. The molecule has 0 radical (unpaired) electrons. The maximum Gasteiger partial charge on any atom is 2.00 e. The van der Waals surface area contributed by atoms with Gasteiger partial charge in [0.15, 0.2) is 0 Å². The van der Waals surface area contributed by atoms with Crippen molar-refractivity contribution in [3.05, 3.63) is 0 Å². The first kappa shape index (κ1) is 17.7. The molecule has 0 unspecified atom stereocenters. The van der Waals surface area contributed by atoms with E-state index in [1.54, 1.807) is 0 Å². The van der Waals surface area contributed by atoms with Crippen molar-refractivity contribution < 1.29 is 39.6 Å². The molecular formula is H8MgO8SSi. The molecule has 0 aromatic carbocycles. The molecule has 0 atom stereocenters. The molecule has 0 rings (SSSR count). The van der Waals surface area contributed by atoms with Crippen molar-refractivity contribution in [1.29, 1.82) is 0 Å². The van der Waals surface area contributed by atoms with E-state index in [1.165, 1.54) is 0 Å². The van der Waals surface area contributed by atoms with Gasteiger partial charge in [-0.05, 0) is 0 Å². The van der Waals surface area contributed by atoms with Crippen LogP contribution in [0.1, 0.15) is 2.85 Å². The zero-order valence-electron chi connectivity index (χ0n) is 7.12. The Morgan fingerprint density at radius 1 is 1.00 bits per heavy atom. The van der Waals surface area contributed by atoms with E-state index >= 15 is 0 Å². The first-order valence-electron chi connectivity index (χ1n) is 1.59. The molecule has 0 fully saturated rings. The van der Waals surface area contributed by atoms with Crippen LogP contribution in [-0.4, -0.2) is 68.8 Å². The fourth-order valence-corrected chi connectivity index (χ4v) is 0. The maximum absolute atomic E-state index is 8.74. The summed E-state index contributed by atoms with van der Waals surface area (Å²) in [6.45, 7) is 0. The summed E-state index contributed by atoms with van der Waals surface area (Å²) in [5, 5.41) is 0. The summed E-state index contributed by atoms with van der Waals surface area (Å²) in [5.74, 6) is 0. The van der Waals surface area contributed by atoms with Gasteiger partial charge < -0.3 is 22.0 Å². The van der Waals surface area contributed by atoms with Crippen molar-refractivity contribution in [2.45, 2.75) is 0 Å². The van der Waals surface area contributed by atoms with E-state index < -0.39 is 19.4 Å². The van der Waals surface area contributed by atoms with Crippen molar-refractivity contribution >= 4 is 42.5 Å². The molecule has 11 heteroatoms. The summed E-state index contributed by atoms with van der Waals surface area (Å²) in [6.07, 6.45) is 0. The Balaban J connectivity index is -0.0000000267. The molecular weight excluding hydrogens is 212 g/mol. The standard InChI is InChI=1S/Mg.H2O4S.H4O4Si.2H/c;2*1-5(2,3)4;;/h;(H2,1,2,3,4);1-4H;;/q+2;;;2*-1. The minimum absolute atomic E-state index is 0. The third-order valence-electron chi connectivity index (χ3n) is 0. The molecule has 11 heavy (non-hydrogen) atoms. The third-order valence-corrected chi connectivity index (χ3v) is 0. The monoisotopic (exact) mass is 220 g/mol. The van der Waals surface area contributed by atoms with Crippen LogP contribution in [0.4, 0.5) is 0 Å². The van der Waals surface area contributed by atoms with Gasteiger partial charge in [0.25, 0.3) is 0 Å². The minimum Gasteiger partial charge on any atom is -1.00 e. The Morgan fingerprint density at radius 2 is 1.00 bits per heavy atom. The van der Waals surface area contributed by atoms with E-state index in [2.05, 4.69) is 0 Å². The van der Waals surface area contributed by atoms with E-state index in [-0.39, 0.29) is 25.9 Å². The summed E-state index contributed by atoms with van der Waals surface area (Å²) in [5.41, 5.74) is 0. The number of rotatable bonds is 0. The van der Waals surface area contributed by atoms with E-state index in [4.69, 9.17) is 36.7 Å². The predicted molar refractivity (Wildman–Crippen MR) is 36.8 cm³/mol. The van der Waals surface area contributed by atoms with Crippen LogP contribution >= 0.6 is 0 Å². The van der Waals surface area contributed by atoms with Crippen LogP contribution in [0.3, 0.4) is 0 Å². The Hall–Kier alpha value is 0.693. The first-order valence-corrected chi connectivity index (χ1v) is 4.78. The van der Waals surface area contributed by atoms with Gasteiger partial charge >= 0.3 is 42.5 Å². The van der Waals surface area contributed by atoms with Crippen LogP contribution in [0.25, 0.3) is 0 Å². The molecule has 0 aromatic heterocycles. The van der Waals surface area contributed by atoms with Crippen molar-refractivity contribution in [3.8, 4) is 0 Å². The summed E-state index contributed by atoms with van der Waals surface area (Å²) >= 11 is 0. The molecule has 0 saturated carbocycles. The third kappa shape index (κ3) is 1680. The molecule has 0 aromatic rings. The van der Waals surface area contributed by atoms with Crippen LogP contribution < -0.4 is 0 Å². The van der Waals surface area contributed by atoms with Crippen LogP contribution in [0.15, 0.2) is 0 Å². The Bertz CT molecular complexity index is 157. The Morgan fingerprint density at radius 3 is 1.00 bits per heavy atom. The molecule has 0 amide bonds. The molecule has 0 aliphatic rings. The molecule has 8 nitrogen and oxygen atoms in total. The van der Waals surface area contributed by atoms with Crippen LogP contribution in [0.2, 0.25) is 0 Å². The van der Waals surface area contributed by atoms with Gasteiger partial charge in [-0.2, -0.15) is 8.42 Å². The van der Waals surface area contributed by atoms with Crippen molar-refractivity contribution in [2.75, 3.05) is 0 Å². The fraction of sp³-hybridized carbons (Fsp3) is 0.